The average Bonchev–Trinajstić information content (AvgIpc) is 3.84. The molecule has 4 aliphatic rings. The number of hydrogen-bond acceptors (Lipinski definition) is 6. The molecule has 3 aromatic carbocycles. The Kier molecular flexibility index (Phi) is 6.37. The Balaban J connectivity index is 0.000000151. The molecule has 7 rings (SSSR count). The van der Waals surface area contributed by atoms with Gasteiger partial charge in [-0.15, -0.1) is 0 Å². The summed E-state index contributed by atoms with van der Waals surface area (Å²) >= 11 is 0. The molecule has 0 aliphatic heterocycles. The molecule has 4 unspecified atom stereocenters. The Morgan fingerprint density at radius 1 is 0.795 bits per heavy atom. The van der Waals surface area contributed by atoms with Crippen LogP contribution in [0.25, 0.3) is 0 Å². The Morgan fingerprint density at radius 2 is 1.36 bits per heavy atom. The van der Waals surface area contributed by atoms with Gasteiger partial charge in [0.25, 0.3) is 0 Å². The molecule has 0 radical (unpaired) electrons. The highest BCUT2D eigenvalue weighted by Gasteiger charge is 2.66. The van der Waals surface area contributed by atoms with Crippen LogP contribution in [0.2, 0.25) is 0 Å². The van der Waals surface area contributed by atoms with E-state index in [0.29, 0.717) is 19.8 Å². The summed E-state index contributed by atoms with van der Waals surface area (Å²) in [5.74, 6) is 1.08. The highest BCUT2D eigenvalue weighted by Crippen LogP contribution is 2.65. The van der Waals surface area contributed by atoms with Crippen LogP contribution in [0, 0.1) is 11.8 Å². The normalized spacial score (nSPS) is 26.1. The lowest BCUT2D eigenvalue weighted by molar-refractivity contribution is -0.146. The number of rotatable bonds is 7. The number of phenols is 1. The molecule has 0 aromatic heterocycles. The first-order valence-electron chi connectivity index (χ1n) is 13.9. The van der Waals surface area contributed by atoms with Crippen molar-refractivity contribution in [3.05, 3.63) is 94.5 Å². The summed E-state index contributed by atoms with van der Waals surface area (Å²) in [6.45, 7) is 5.15. The van der Waals surface area contributed by atoms with Crippen LogP contribution in [0.4, 0.5) is 0 Å². The first kappa shape index (κ1) is 25.5. The molecule has 2 saturated carbocycles. The van der Waals surface area contributed by atoms with E-state index in [1.54, 1.807) is 12.1 Å². The van der Waals surface area contributed by atoms with E-state index in [9.17, 15) is 14.7 Å². The maximum absolute atomic E-state index is 12.0. The van der Waals surface area contributed by atoms with Crippen molar-refractivity contribution in [3.63, 3.8) is 0 Å². The molecule has 202 valence electrons. The second kappa shape index (κ2) is 9.74. The smallest absolute Gasteiger partial charge is 0.309 e. The maximum atomic E-state index is 12.0. The van der Waals surface area contributed by atoms with E-state index in [1.807, 2.05) is 44.2 Å². The van der Waals surface area contributed by atoms with Gasteiger partial charge in [-0.25, -0.2) is 0 Å². The molecule has 2 spiro atoms. The fraction of sp³-hybridized carbons (Fsp3) is 0.394. The number of aromatic hydroxyl groups is 1. The molecule has 1 N–H and O–H groups in total. The molecular formula is C33H34O6. The molecule has 0 heterocycles. The van der Waals surface area contributed by atoms with Crippen LogP contribution in [-0.4, -0.2) is 30.3 Å². The first-order chi connectivity index (χ1) is 18.9. The Morgan fingerprint density at radius 3 is 1.95 bits per heavy atom. The van der Waals surface area contributed by atoms with Gasteiger partial charge in [-0.05, 0) is 91.6 Å². The number of ether oxygens (including phenoxy) is 3. The SMILES string of the molecule is CCOC(=O)C1CC12Cc1ccc(O)cc12.CCOC(=O)C1CC12Cc1ccc(OCc3ccccc3)cc12. The van der Waals surface area contributed by atoms with Gasteiger partial charge >= 0.3 is 11.9 Å². The highest BCUT2D eigenvalue weighted by atomic mass is 16.5. The number of hydrogen-bond donors (Lipinski definition) is 1. The van der Waals surface area contributed by atoms with Crippen LogP contribution < -0.4 is 4.74 Å². The average molecular weight is 527 g/mol. The van der Waals surface area contributed by atoms with E-state index in [2.05, 4.69) is 24.3 Å². The van der Waals surface area contributed by atoms with E-state index in [4.69, 9.17) is 14.2 Å². The zero-order chi connectivity index (χ0) is 27.2. The van der Waals surface area contributed by atoms with Crippen LogP contribution in [0.15, 0.2) is 66.7 Å². The number of carbonyl (C=O) groups is 2. The van der Waals surface area contributed by atoms with Crippen molar-refractivity contribution < 1.29 is 28.9 Å². The molecular weight excluding hydrogens is 492 g/mol. The highest BCUT2D eigenvalue weighted by molar-refractivity contribution is 5.82. The van der Waals surface area contributed by atoms with Gasteiger partial charge in [0, 0.05) is 10.8 Å². The molecule has 0 saturated heterocycles. The molecule has 4 atom stereocenters. The number of phenolic OH excluding ortho intramolecular Hbond substituents is 1. The largest absolute Gasteiger partial charge is 0.508 e. The summed E-state index contributed by atoms with van der Waals surface area (Å²) in [7, 11) is 0. The first-order valence-corrected chi connectivity index (χ1v) is 13.9. The van der Waals surface area contributed by atoms with Gasteiger partial charge < -0.3 is 19.3 Å². The third kappa shape index (κ3) is 4.46. The van der Waals surface area contributed by atoms with Gasteiger partial charge in [0.05, 0.1) is 25.0 Å². The topological polar surface area (TPSA) is 82.1 Å². The fourth-order valence-corrected chi connectivity index (χ4v) is 6.54. The van der Waals surface area contributed by atoms with Gasteiger partial charge in [0.1, 0.15) is 18.1 Å². The summed E-state index contributed by atoms with van der Waals surface area (Å²) in [6.07, 6.45) is 3.74. The Hall–Kier alpha value is -3.80. The molecule has 39 heavy (non-hydrogen) atoms. The van der Waals surface area contributed by atoms with Gasteiger partial charge in [-0.2, -0.15) is 0 Å². The third-order valence-corrected chi connectivity index (χ3v) is 8.80. The minimum absolute atomic E-state index is 0.000324. The third-order valence-electron chi connectivity index (χ3n) is 8.80. The number of esters is 2. The summed E-state index contributed by atoms with van der Waals surface area (Å²) in [6, 6.07) is 21.8. The van der Waals surface area contributed by atoms with Crippen LogP contribution >= 0.6 is 0 Å². The number of benzene rings is 3. The minimum atomic E-state index is -0.0866. The van der Waals surface area contributed by atoms with Crippen LogP contribution in [0.3, 0.4) is 0 Å². The maximum Gasteiger partial charge on any atom is 0.309 e. The van der Waals surface area contributed by atoms with Crippen molar-refractivity contribution in [3.8, 4) is 11.5 Å². The van der Waals surface area contributed by atoms with Crippen molar-refractivity contribution in [2.24, 2.45) is 11.8 Å². The molecule has 4 aliphatic carbocycles. The molecule has 2 fully saturated rings. The second-order valence-corrected chi connectivity index (χ2v) is 11.1. The van der Waals surface area contributed by atoms with Gasteiger partial charge in [-0.1, -0.05) is 42.5 Å². The summed E-state index contributed by atoms with van der Waals surface area (Å²) in [5, 5.41) is 9.44. The number of carbonyl (C=O) groups excluding carboxylic acids is 2. The standard InChI is InChI=1S/C20H20O3.C13H14O3/c1-2-22-19(21)18-12-20(18)11-15-8-9-16(10-17(15)20)23-13-14-6-4-3-5-7-14;1-2-16-12(15)11-7-13(11)6-8-3-4-9(14)5-10(8)13/h3-10,18H,2,11-13H2,1H3;3-5,11,14H,2,6-7H2,1H3. The van der Waals surface area contributed by atoms with Gasteiger partial charge in [0.15, 0.2) is 0 Å². The van der Waals surface area contributed by atoms with Crippen LogP contribution in [0.1, 0.15) is 54.5 Å². The molecule has 0 bridgehead atoms. The summed E-state index contributed by atoms with van der Waals surface area (Å²) in [4.78, 5) is 23.6. The minimum Gasteiger partial charge on any atom is -0.508 e. The van der Waals surface area contributed by atoms with E-state index < -0.39 is 0 Å². The van der Waals surface area contributed by atoms with Crippen molar-refractivity contribution >= 4 is 11.9 Å². The molecule has 0 amide bonds. The lowest BCUT2D eigenvalue weighted by atomic mass is 9.73. The van der Waals surface area contributed by atoms with Crippen molar-refractivity contribution in [1.29, 1.82) is 0 Å². The van der Waals surface area contributed by atoms with E-state index in [1.165, 1.54) is 16.7 Å². The fourth-order valence-electron chi connectivity index (χ4n) is 6.54. The van der Waals surface area contributed by atoms with Crippen LogP contribution in [0.5, 0.6) is 11.5 Å². The predicted octanol–water partition coefficient (Wildman–Crippen LogP) is 5.41. The molecule has 3 aromatic rings. The zero-order valence-corrected chi connectivity index (χ0v) is 22.4. The van der Waals surface area contributed by atoms with Crippen molar-refractivity contribution in [2.75, 3.05) is 13.2 Å². The zero-order valence-electron chi connectivity index (χ0n) is 22.4. The van der Waals surface area contributed by atoms with Crippen molar-refractivity contribution in [1.82, 2.24) is 0 Å². The monoisotopic (exact) mass is 526 g/mol. The lowest BCUT2D eigenvalue weighted by Crippen LogP contribution is -2.29. The Labute approximate surface area is 228 Å². The van der Waals surface area contributed by atoms with E-state index in [0.717, 1.165) is 42.6 Å². The predicted molar refractivity (Wildman–Crippen MR) is 146 cm³/mol. The lowest BCUT2D eigenvalue weighted by Gasteiger charge is -2.32. The Bertz CT molecular complexity index is 1410. The van der Waals surface area contributed by atoms with Crippen molar-refractivity contribution in [2.45, 2.75) is 57.0 Å². The second-order valence-electron chi connectivity index (χ2n) is 11.1. The van der Waals surface area contributed by atoms with Gasteiger partial charge in [0.2, 0.25) is 0 Å². The summed E-state index contributed by atoms with van der Waals surface area (Å²) in [5.41, 5.74) is 6.20. The summed E-state index contributed by atoms with van der Waals surface area (Å²) < 4.78 is 16.1. The molecule has 6 nitrogen and oxygen atoms in total. The van der Waals surface area contributed by atoms with Gasteiger partial charge in [-0.3, -0.25) is 9.59 Å². The molecule has 6 heteroatoms. The van der Waals surface area contributed by atoms with E-state index in [-0.39, 0.29) is 40.4 Å². The quantitative estimate of drug-likeness (QED) is 0.415. The van der Waals surface area contributed by atoms with E-state index >= 15 is 0 Å². The number of fused-ring (bicyclic) bond motifs is 4. The van der Waals surface area contributed by atoms with Crippen LogP contribution in [-0.2, 0) is 49.3 Å².